The molecule has 0 aromatic heterocycles. The summed E-state index contributed by atoms with van der Waals surface area (Å²) in [6, 6.07) is 17.9. The number of rotatable bonds is 3. The Balaban J connectivity index is 1.43. The van der Waals surface area contributed by atoms with Gasteiger partial charge in [-0.15, -0.1) is 0 Å². The molecular weight excluding hydrogens is 298 g/mol. The number of ether oxygens (including phenoxy) is 1. The lowest BCUT2D eigenvalue weighted by atomic mass is 10.0. The molecule has 24 heavy (non-hydrogen) atoms. The Labute approximate surface area is 143 Å². The summed E-state index contributed by atoms with van der Waals surface area (Å²) in [5.74, 6) is 1.55. The van der Waals surface area contributed by atoms with Crippen LogP contribution < -0.4 is 5.32 Å². The Kier molecular flexibility index (Phi) is 4.24. The largest absolute Gasteiger partial charge is 0.446 e. The van der Waals surface area contributed by atoms with Gasteiger partial charge in [-0.25, -0.2) is 4.79 Å². The summed E-state index contributed by atoms with van der Waals surface area (Å²) in [4.78, 5) is 12.3. The van der Waals surface area contributed by atoms with Gasteiger partial charge in [0.1, 0.15) is 6.10 Å². The normalized spacial score (nSPS) is 25.2. The zero-order chi connectivity index (χ0) is 16.4. The van der Waals surface area contributed by atoms with Crippen LogP contribution in [0.5, 0.6) is 0 Å². The van der Waals surface area contributed by atoms with E-state index in [0.29, 0.717) is 0 Å². The van der Waals surface area contributed by atoms with Crippen LogP contribution >= 0.6 is 0 Å². The van der Waals surface area contributed by atoms with Crippen molar-refractivity contribution in [2.24, 2.45) is 11.8 Å². The van der Waals surface area contributed by atoms with Crippen molar-refractivity contribution in [2.75, 3.05) is 5.32 Å². The van der Waals surface area contributed by atoms with E-state index < -0.39 is 0 Å². The van der Waals surface area contributed by atoms with Gasteiger partial charge in [-0.2, -0.15) is 0 Å². The molecule has 0 heterocycles. The molecule has 0 aliphatic heterocycles. The van der Waals surface area contributed by atoms with Crippen LogP contribution in [0.1, 0.15) is 32.1 Å². The van der Waals surface area contributed by atoms with Crippen LogP contribution in [0.15, 0.2) is 54.6 Å². The molecule has 2 aromatic carbocycles. The lowest BCUT2D eigenvalue weighted by Gasteiger charge is -2.15. The molecule has 0 spiro atoms. The Morgan fingerprint density at radius 2 is 1.58 bits per heavy atom. The maximum Gasteiger partial charge on any atom is 0.411 e. The number of hydrogen-bond acceptors (Lipinski definition) is 2. The minimum atomic E-state index is -0.330. The highest BCUT2D eigenvalue weighted by Gasteiger charge is 2.38. The monoisotopic (exact) mass is 321 g/mol. The highest BCUT2D eigenvalue weighted by molar-refractivity contribution is 5.91. The summed E-state index contributed by atoms with van der Waals surface area (Å²) in [6.07, 6.45) is 5.80. The number of nitrogens with one attached hydrogen (secondary N) is 1. The molecule has 2 aliphatic rings. The van der Waals surface area contributed by atoms with Crippen molar-refractivity contribution >= 4 is 11.8 Å². The SMILES string of the molecule is O=C(Nc1ccccc1-c1ccccc1)OC1C[C@H]2CCC[C@H]2C1. The van der Waals surface area contributed by atoms with E-state index >= 15 is 0 Å². The predicted molar refractivity (Wildman–Crippen MR) is 95.8 cm³/mol. The number of fused-ring (bicyclic) bond motifs is 1. The van der Waals surface area contributed by atoms with Crippen molar-refractivity contribution in [2.45, 2.75) is 38.2 Å². The summed E-state index contributed by atoms with van der Waals surface area (Å²) in [7, 11) is 0. The quantitative estimate of drug-likeness (QED) is 0.813. The Morgan fingerprint density at radius 1 is 0.917 bits per heavy atom. The third-order valence-electron chi connectivity index (χ3n) is 5.47. The van der Waals surface area contributed by atoms with Crippen LogP contribution in [-0.4, -0.2) is 12.2 Å². The van der Waals surface area contributed by atoms with Gasteiger partial charge < -0.3 is 4.74 Å². The minimum absolute atomic E-state index is 0.0872. The zero-order valence-electron chi connectivity index (χ0n) is 13.8. The molecule has 124 valence electrons. The molecule has 3 nitrogen and oxygen atoms in total. The zero-order valence-corrected chi connectivity index (χ0v) is 13.8. The molecule has 1 N–H and O–H groups in total. The van der Waals surface area contributed by atoms with Crippen LogP contribution in [0, 0.1) is 11.8 Å². The van der Waals surface area contributed by atoms with Gasteiger partial charge >= 0.3 is 6.09 Å². The molecule has 2 saturated carbocycles. The summed E-state index contributed by atoms with van der Waals surface area (Å²) in [5, 5.41) is 2.94. The van der Waals surface area contributed by atoms with Gasteiger partial charge in [0.25, 0.3) is 0 Å². The molecule has 4 rings (SSSR count). The average molecular weight is 321 g/mol. The van der Waals surface area contributed by atoms with Crippen molar-refractivity contribution in [1.29, 1.82) is 0 Å². The Bertz CT molecular complexity index is 701. The molecule has 2 aliphatic carbocycles. The number of benzene rings is 2. The van der Waals surface area contributed by atoms with E-state index in [2.05, 4.69) is 5.32 Å². The Morgan fingerprint density at radius 3 is 2.33 bits per heavy atom. The van der Waals surface area contributed by atoms with E-state index in [1.165, 1.54) is 19.3 Å². The van der Waals surface area contributed by atoms with Crippen LogP contribution in [0.25, 0.3) is 11.1 Å². The van der Waals surface area contributed by atoms with Gasteiger partial charge in [0.05, 0.1) is 5.69 Å². The first-order chi connectivity index (χ1) is 11.8. The van der Waals surface area contributed by atoms with E-state index in [4.69, 9.17) is 4.74 Å². The van der Waals surface area contributed by atoms with Crippen molar-refractivity contribution in [3.05, 3.63) is 54.6 Å². The van der Waals surface area contributed by atoms with Gasteiger partial charge in [-0.05, 0) is 36.3 Å². The second-order valence-corrected chi connectivity index (χ2v) is 6.99. The second-order valence-electron chi connectivity index (χ2n) is 6.99. The maximum absolute atomic E-state index is 12.3. The fourth-order valence-electron chi connectivity index (χ4n) is 4.35. The van der Waals surface area contributed by atoms with Crippen LogP contribution in [0.3, 0.4) is 0 Å². The molecular formula is C21H23NO2. The van der Waals surface area contributed by atoms with Crippen molar-refractivity contribution in [1.82, 2.24) is 0 Å². The van der Waals surface area contributed by atoms with Gasteiger partial charge in [-0.1, -0.05) is 67.8 Å². The van der Waals surface area contributed by atoms with E-state index in [1.54, 1.807) is 0 Å². The summed E-state index contributed by atoms with van der Waals surface area (Å²) in [6.45, 7) is 0. The minimum Gasteiger partial charge on any atom is -0.446 e. The number of carbonyl (C=O) groups excluding carboxylic acids is 1. The molecule has 2 aromatic rings. The maximum atomic E-state index is 12.3. The Hall–Kier alpha value is -2.29. The molecule has 0 saturated heterocycles. The first-order valence-electron chi connectivity index (χ1n) is 8.91. The fourth-order valence-corrected chi connectivity index (χ4v) is 4.35. The fraction of sp³-hybridized carbons (Fsp3) is 0.381. The topological polar surface area (TPSA) is 38.3 Å². The third-order valence-corrected chi connectivity index (χ3v) is 5.47. The van der Waals surface area contributed by atoms with Gasteiger partial charge in [-0.3, -0.25) is 5.32 Å². The molecule has 3 atom stereocenters. The number of hydrogen-bond donors (Lipinski definition) is 1. The molecule has 2 fully saturated rings. The number of anilines is 1. The first-order valence-corrected chi connectivity index (χ1v) is 8.91. The number of carbonyl (C=O) groups is 1. The average Bonchev–Trinajstić information content (AvgIpc) is 3.17. The third kappa shape index (κ3) is 3.16. The highest BCUT2D eigenvalue weighted by Crippen LogP contribution is 2.45. The van der Waals surface area contributed by atoms with Crippen LogP contribution in [0.4, 0.5) is 10.5 Å². The van der Waals surface area contributed by atoms with Crippen LogP contribution in [-0.2, 0) is 4.74 Å². The molecule has 0 bridgehead atoms. The summed E-state index contributed by atoms with van der Waals surface area (Å²) in [5.41, 5.74) is 2.90. The lowest BCUT2D eigenvalue weighted by Crippen LogP contribution is -2.21. The van der Waals surface area contributed by atoms with E-state index in [1.807, 2.05) is 54.6 Å². The smallest absolute Gasteiger partial charge is 0.411 e. The van der Waals surface area contributed by atoms with E-state index in [9.17, 15) is 4.79 Å². The molecule has 1 unspecified atom stereocenters. The van der Waals surface area contributed by atoms with Crippen molar-refractivity contribution in [3.8, 4) is 11.1 Å². The van der Waals surface area contributed by atoms with Crippen LogP contribution in [0.2, 0.25) is 0 Å². The highest BCUT2D eigenvalue weighted by atomic mass is 16.6. The van der Waals surface area contributed by atoms with Crippen molar-refractivity contribution < 1.29 is 9.53 Å². The lowest BCUT2D eigenvalue weighted by molar-refractivity contribution is 0.109. The van der Waals surface area contributed by atoms with E-state index in [0.717, 1.165) is 41.5 Å². The number of amides is 1. The second kappa shape index (κ2) is 6.68. The number of para-hydroxylation sites is 1. The van der Waals surface area contributed by atoms with Crippen molar-refractivity contribution in [3.63, 3.8) is 0 Å². The predicted octanol–water partition coefficient (Wildman–Crippen LogP) is 5.48. The molecule has 0 radical (unpaired) electrons. The van der Waals surface area contributed by atoms with E-state index in [-0.39, 0.29) is 12.2 Å². The van der Waals surface area contributed by atoms with Gasteiger partial charge in [0, 0.05) is 5.56 Å². The first kappa shape index (κ1) is 15.3. The molecule has 3 heteroatoms. The summed E-state index contributed by atoms with van der Waals surface area (Å²) >= 11 is 0. The molecule has 1 amide bonds. The standard InChI is InChI=1S/C21H23NO2/c23-21(24-18-13-16-9-6-10-17(16)14-18)22-20-12-5-4-11-19(20)15-7-2-1-3-8-15/h1-5,7-8,11-12,16-18H,6,9-10,13-14H2,(H,22,23)/t16-,17+,18?. The van der Waals surface area contributed by atoms with Gasteiger partial charge in [0.15, 0.2) is 0 Å². The summed E-state index contributed by atoms with van der Waals surface area (Å²) < 4.78 is 5.69. The van der Waals surface area contributed by atoms with Gasteiger partial charge in [0.2, 0.25) is 0 Å².